The monoisotopic (exact) mass is 503 g/mol. The van der Waals surface area contributed by atoms with Crippen LogP contribution in [0.2, 0.25) is 0 Å². The van der Waals surface area contributed by atoms with E-state index in [0.717, 1.165) is 38.5 Å². The zero-order chi connectivity index (χ0) is 23.8. The molecule has 35 heavy (non-hydrogen) atoms. The van der Waals surface area contributed by atoms with E-state index in [-0.39, 0.29) is 36.1 Å². The molecule has 0 spiro atoms. The van der Waals surface area contributed by atoms with Crippen molar-refractivity contribution < 1.29 is 18.7 Å². The number of nitrogens with one attached hydrogen (secondary N) is 2. The Morgan fingerprint density at radius 3 is 2.60 bits per heavy atom. The number of aromatic nitrogens is 3. The Morgan fingerprint density at radius 1 is 1.17 bits per heavy atom. The first-order valence-electron chi connectivity index (χ1n) is 11.8. The predicted molar refractivity (Wildman–Crippen MR) is 134 cm³/mol. The number of carbonyl (C=O) groups is 1. The number of carbonyl (C=O) groups excluding carboxylic acids is 1. The van der Waals surface area contributed by atoms with Gasteiger partial charge in [-0.05, 0) is 57.4 Å². The quantitative estimate of drug-likeness (QED) is 0.443. The molecule has 0 bridgehead atoms. The van der Waals surface area contributed by atoms with Gasteiger partial charge in [0.05, 0.1) is 24.8 Å². The van der Waals surface area contributed by atoms with Crippen molar-refractivity contribution in [2.24, 2.45) is 11.7 Å². The molecule has 0 saturated heterocycles. The largest absolute Gasteiger partial charge is 0.494 e. The summed E-state index contributed by atoms with van der Waals surface area (Å²) >= 11 is 0. The number of nitrogens with two attached hydrogens (primary N) is 1. The van der Waals surface area contributed by atoms with Gasteiger partial charge in [-0.15, -0.1) is 12.4 Å². The summed E-state index contributed by atoms with van der Waals surface area (Å²) in [4.78, 5) is 25.3. The fourth-order valence-electron chi connectivity index (χ4n) is 4.61. The molecule has 0 radical (unpaired) electrons. The third-order valence-electron chi connectivity index (χ3n) is 6.79. The molecule has 2 fully saturated rings. The van der Waals surface area contributed by atoms with Crippen molar-refractivity contribution in [3.05, 3.63) is 35.5 Å². The maximum Gasteiger partial charge on any atom is 0.255 e. The first-order chi connectivity index (χ1) is 16.4. The smallest absolute Gasteiger partial charge is 0.255 e. The number of H-pyrrole nitrogens is 1. The fourth-order valence-corrected chi connectivity index (χ4v) is 4.61. The number of aromatic amines is 1. The predicted octanol–water partition coefficient (Wildman–Crippen LogP) is 4.29. The van der Waals surface area contributed by atoms with Crippen molar-refractivity contribution >= 4 is 29.3 Å². The van der Waals surface area contributed by atoms with Crippen molar-refractivity contribution in [1.29, 1.82) is 0 Å². The van der Waals surface area contributed by atoms with Crippen LogP contribution in [-0.2, 0) is 0 Å². The molecule has 0 aliphatic heterocycles. The van der Waals surface area contributed by atoms with E-state index in [1.807, 2.05) is 6.92 Å². The number of fused-ring (bicyclic) bond motifs is 1. The number of halogens is 2. The minimum absolute atomic E-state index is 0. The van der Waals surface area contributed by atoms with Gasteiger partial charge >= 0.3 is 0 Å². The lowest BCUT2D eigenvalue weighted by molar-refractivity contribution is 0.0927. The van der Waals surface area contributed by atoms with Gasteiger partial charge in [-0.1, -0.05) is 0 Å². The number of rotatable bonds is 7. The Kier molecular flexibility index (Phi) is 7.47. The number of methoxy groups -OCH3 is 1. The highest BCUT2D eigenvalue weighted by atomic mass is 35.5. The minimum atomic E-state index is -0.514. The van der Waals surface area contributed by atoms with E-state index in [9.17, 15) is 9.18 Å². The van der Waals surface area contributed by atoms with Gasteiger partial charge in [-0.25, -0.2) is 14.4 Å². The van der Waals surface area contributed by atoms with Gasteiger partial charge in [0.15, 0.2) is 11.6 Å². The van der Waals surface area contributed by atoms with E-state index in [1.54, 1.807) is 6.07 Å². The van der Waals surface area contributed by atoms with Gasteiger partial charge in [-0.3, -0.25) is 4.79 Å². The molecule has 1 aromatic carbocycles. The molecule has 2 aromatic heterocycles. The average Bonchev–Trinajstić information content (AvgIpc) is 3.59. The van der Waals surface area contributed by atoms with Crippen LogP contribution in [0.4, 0.5) is 4.39 Å². The average molecular weight is 504 g/mol. The molecule has 3 aromatic rings. The highest BCUT2D eigenvalue weighted by molar-refractivity contribution is 6.09. The molecular weight excluding hydrogens is 473 g/mol. The second kappa shape index (κ2) is 10.4. The number of hydrogen-bond donors (Lipinski definition) is 3. The highest BCUT2D eigenvalue weighted by Gasteiger charge is 2.27. The summed E-state index contributed by atoms with van der Waals surface area (Å²) in [6.07, 6.45) is 7.18. The molecule has 2 aliphatic carbocycles. The summed E-state index contributed by atoms with van der Waals surface area (Å²) < 4.78 is 25.9. The molecule has 0 unspecified atom stereocenters. The van der Waals surface area contributed by atoms with Crippen LogP contribution < -0.4 is 20.5 Å². The van der Waals surface area contributed by atoms with Crippen LogP contribution in [-0.4, -0.2) is 46.7 Å². The van der Waals surface area contributed by atoms with Gasteiger partial charge in [0.2, 0.25) is 0 Å². The van der Waals surface area contributed by atoms with Gasteiger partial charge < -0.3 is 25.5 Å². The lowest BCUT2D eigenvalue weighted by atomic mass is 9.91. The Balaban J connectivity index is 0.00000289. The molecule has 2 heterocycles. The van der Waals surface area contributed by atoms with Crippen LogP contribution in [0.15, 0.2) is 18.5 Å². The van der Waals surface area contributed by atoms with Gasteiger partial charge in [0.1, 0.15) is 23.3 Å². The zero-order valence-corrected chi connectivity index (χ0v) is 20.7. The number of ether oxygens (including phenoxy) is 2. The van der Waals surface area contributed by atoms with Crippen LogP contribution in [0.25, 0.3) is 22.3 Å². The van der Waals surface area contributed by atoms with E-state index in [0.29, 0.717) is 51.8 Å². The third kappa shape index (κ3) is 5.21. The molecule has 4 N–H and O–H groups in total. The number of benzene rings is 1. The molecule has 5 rings (SSSR count). The molecule has 188 valence electrons. The van der Waals surface area contributed by atoms with Gasteiger partial charge in [0, 0.05) is 29.4 Å². The van der Waals surface area contributed by atoms with E-state index in [1.165, 1.54) is 19.5 Å². The summed E-state index contributed by atoms with van der Waals surface area (Å²) in [7, 11) is 1.42. The molecular formula is C25H31ClFN5O3. The third-order valence-corrected chi connectivity index (χ3v) is 6.79. The number of amides is 1. The normalized spacial score (nSPS) is 19.8. The second-order valence-electron chi connectivity index (χ2n) is 9.39. The molecule has 0 atom stereocenters. The zero-order valence-electron chi connectivity index (χ0n) is 19.9. The van der Waals surface area contributed by atoms with Gasteiger partial charge in [-0.2, -0.15) is 0 Å². The molecule has 8 nitrogen and oxygen atoms in total. The van der Waals surface area contributed by atoms with Crippen molar-refractivity contribution in [2.45, 2.75) is 57.5 Å². The first kappa shape index (κ1) is 25.2. The molecule has 1 amide bonds. The summed E-state index contributed by atoms with van der Waals surface area (Å²) in [5.41, 5.74) is 9.17. The minimum Gasteiger partial charge on any atom is -0.494 e. The van der Waals surface area contributed by atoms with E-state index in [4.69, 9.17) is 15.2 Å². The van der Waals surface area contributed by atoms with Crippen molar-refractivity contribution in [3.8, 4) is 22.8 Å². The second-order valence-corrected chi connectivity index (χ2v) is 9.39. The van der Waals surface area contributed by atoms with Gasteiger partial charge in [0.25, 0.3) is 5.91 Å². The number of nitrogens with zero attached hydrogens (tertiary/aromatic N) is 2. The maximum absolute atomic E-state index is 14.7. The van der Waals surface area contributed by atoms with Crippen molar-refractivity contribution in [3.63, 3.8) is 0 Å². The van der Waals surface area contributed by atoms with E-state index in [2.05, 4.69) is 20.3 Å². The van der Waals surface area contributed by atoms with E-state index < -0.39 is 5.82 Å². The molecule has 10 heteroatoms. The lowest BCUT2D eigenvalue weighted by Gasteiger charge is -2.26. The Hall–Kier alpha value is -2.91. The molecule has 2 aliphatic rings. The summed E-state index contributed by atoms with van der Waals surface area (Å²) in [5, 5.41) is 3.13. The maximum atomic E-state index is 14.7. The fraction of sp³-hybridized carbons (Fsp3) is 0.480. The van der Waals surface area contributed by atoms with Crippen LogP contribution in [0.3, 0.4) is 0 Å². The molecule has 2 saturated carbocycles. The Bertz CT molecular complexity index is 1220. The Morgan fingerprint density at radius 2 is 1.91 bits per heavy atom. The lowest BCUT2D eigenvalue weighted by Crippen LogP contribution is -2.40. The van der Waals surface area contributed by atoms with Crippen molar-refractivity contribution in [1.82, 2.24) is 20.3 Å². The summed E-state index contributed by atoms with van der Waals surface area (Å²) in [6, 6.07) is 3.22. The number of aryl methyl sites for hydroxylation is 1. The van der Waals surface area contributed by atoms with Crippen LogP contribution >= 0.6 is 12.4 Å². The van der Waals surface area contributed by atoms with Crippen molar-refractivity contribution in [2.75, 3.05) is 13.7 Å². The Labute approximate surface area is 209 Å². The first-order valence-corrected chi connectivity index (χ1v) is 11.8. The number of hydrogen-bond acceptors (Lipinski definition) is 6. The summed E-state index contributed by atoms with van der Waals surface area (Å²) in [5.74, 6) is 0.420. The topological polar surface area (TPSA) is 115 Å². The van der Waals surface area contributed by atoms with E-state index >= 15 is 0 Å². The van der Waals surface area contributed by atoms with Crippen LogP contribution in [0, 0.1) is 18.7 Å². The van der Waals surface area contributed by atoms with Crippen LogP contribution in [0.1, 0.15) is 54.6 Å². The SMILES string of the molecule is COc1cc(OCC2CC2)c(-c2ncnc3c(C(=O)NC4CCC(N)CC4)c(C)[nH]c23)cc1F.Cl. The summed E-state index contributed by atoms with van der Waals surface area (Å²) in [6.45, 7) is 2.38. The standard InChI is InChI=1S/C25H30FN5O3.ClH/c1-13-21(25(32)31-16-7-5-15(27)6-8-16)23-24(30-13)22(28-12-29-23)17-9-18(26)20(33-2)10-19(17)34-11-14-3-4-14;/h9-10,12,14-16,30H,3-8,11,27H2,1-2H3,(H,31,32);1H. The highest BCUT2D eigenvalue weighted by Crippen LogP contribution is 2.39. The van der Waals surface area contributed by atoms with Crippen LogP contribution in [0.5, 0.6) is 11.5 Å².